The third-order valence-electron chi connectivity index (χ3n) is 3.85. The first-order valence-corrected chi connectivity index (χ1v) is 10.3. The summed E-state index contributed by atoms with van der Waals surface area (Å²) in [5.41, 5.74) is -0.727. The fourth-order valence-corrected chi connectivity index (χ4v) is 3.87. The number of nitro groups is 1. The summed E-state index contributed by atoms with van der Waals surface area (Å²) < 4.78 is 10.4. The van der Waals surface area contributed by atoms with Gasteiger partial charge < -0.3 is 14.8 Å². The van der Waals surface area contributed by atoms with Gasteiger partial charge in [0.1, 0.15) is 15.5 Å². The van der Waals surface area contributed by atoms with E-state index in [0.717, 1.165) is 23.5 Å². The summed E-state index contributed by atoms with van der Waals surface area (Å²) in [6, 6.07) is 3.39. The van der Waals surface area contributed by atoms with E-state index in [1.165, 1.54) is 6.07 Å². The van der Waals surface area contributed by atoms with Crippen molar-refractivity contribution in [1.82, 2.24) is 0 Å². The highest BCUT2D eigenvalue weighted by Gasteiger charge is 2.30. The first kappa shape index (κ1) is 24.3. The number of anilines is 1. The molecule has 0 unspecified atom stereocenters. The highest BCUT2D eigenvalue weighted by atomic mass is 35.5. The van der Waals surface area contributed by atoms with E-state index in [4.69, 9.17) is 21.1 Å². The number of nitrogens with zero attached hydrogens (tertiary/aromatic N) is 1. The van der Waals surface area contributed by atoms with Gasteiger partial charge in [0.05, 0.1) is 27.7 Å². The number of nitro benzene ring substituents is 1. The Morgan fingerprint density at radius 1 is 1.23 bits per heavy atom. The lowest BCUT2D eigenvalue weighted by molar-refractivity contribution is -0.384. The predicted octanol–water partition coefficient (Wildman–Crippen LogP) is 5.00. The SMILES string of the molecule is CCOC(=O)c1c(NC(=O)c2ccc([N+](=O)[O-])cc2Cl)sc(C(=O)OC(C)(C)C)c1C. The molecule has 2 aromatic rings. The molecule has 11 heteroatoms. The maximum absolute atomic E-state index is 12.7. The number of hydrogen-bond acceptors (Lipinski definition) is 8. The van der Waals surface area contributed by atoms with Crippen molar-refractivity contribution in [2.75, 3.05) is 11.9 Å². The van der Waals surface area contributed by atoms with Gasteiger partial charge in [0.15, 0.2) is 0 Å². The van der Waals surface area contributed by atoms with Crippen molar-refractivity contribution < 1.29 is 28.8 Å². The second-order valence-electron chi connectivity index (χ2n) is 7.36. The minimum absolute atomic E-state index is 0.0269. The van der Waals surface area contributed by atoms with Gasteiger partial charge in [-0.25, -0.2) is 9.59 Å². The fraction of sp³-hybridized carbons (Fsp3) is 0.350. The summed E-state index contributed by atoms with van der Waals surface area (Å²) in [6.07, 6.45) is 0. The van der Waals surface area contributed by atoms with Crippen molar-refractivity contribution in [2.45, 2.75) is 40.2 Å². The van der Waals surface area contributed by atoms with E-state index < -0.39 is 28.4 Å². The van der Waals surface area contributed by atoms with E-state index in [-0.39, 0.29) is 38.3 Å². The zero-order valence-electron chi connectivity index (χ0n) is 17.5. The molecule has 0 saturated heterocycles. The maximum Gasteiger partial charge on any atom is 0.349 e. The smallest absolute Gasteiger partial charge is 0.349 e. The van der Waals surface area contributed by atoms with Crippen LogP contribution in [0.1, 0.15) is 63.6 Å². The number of carbonyl (C=O) groups excluding carboxylic acids is 3. The quantitative estimate of drug-likeness (QED) is 0.359. The van der Waals surface area contributed by atoms with Crippen LogP contribution in [-0.2, 0) is 9.47 Å². The van der Waals surface area contributed by atoms with Crippen molar-refractivity contribution in [2.24, 2.45) is 0 Å². The average Bonchev–Trinajstić information content (AvgIpc) is 2.96. The Balaban J connectivity index is 2.46. The second kappa shape index (κ2) is 9.44. The number of non-ortho nitro benzene ring substituents is 1. The average molecular weight is 469 g/mol. The number of thiophene rings is 1. The number of carbonyl (C=O) groups is 3. The summed E-state index contributed by atoms with van der Waals surface area (Å²) >= 11 is 6.89. The van der Waals surface area contributed by atoms with Gasteiger partial charge in [-0.05, 0) is 46.2 Å². The molecule has 31 heavy (non-hydrogen) atoms. The molecule has 0 aliphatic carbocycles. The summed E-state index contributed by atoms with van der Waals surface area (Å²) in [4.78, 5) is 48.2. The zero-order chi connectivity index (χ0) is 23.5. The van der Waals surface area contributed by atoms with E-state index in [2.05, 4.69) is 5.32 Å². The molecule has 1 aromatic heterocycles. The van der Waals surface area contributed by atoms with Gasteiger partial charge in [-0.1, -0.05) is 11.6 Å². The van der Waals surface area contributed by atoms with E-state index in [1.807, 2.05) is 0 Å². The molecule has 0 saturated carbocycles. The predicted molar refractivity (Wildman–Crippen MR) is 116 cm³/mol. The van der Waals surface area contributed by atoms with Crippen LogP contribution in [0.25, 0.3) is 0 Å². The van der Waals surface area contributed by atoms with E-state index in [1.54, 1.807) is 34.6 Å². The summed E-state index contributed by atoms with van der Waals surface area (Å²) in [7, 11) is 0. The second-order valence-corrected chi connectivity index (χ2v) is 8.79. The first-order chi connectivity index (χ1) is 14.4. The molecule has 1 amide bonds. The van der Waals surface area contributed by atoms with Gasteiger partial charge in [-0.2, -0.15) is 0 Å². The minimum Gasteiger partial charge on any atom is -0.462 e. The lowest BCUT2D eigenvalue weighted by atomic mass is 10.1. The summed E-state index contributed by atoms with van der Waals surface area (Å²) in [5, 5.41) is 13.4. The normalized spacial score (nSPS) is 11.0. The molecule has 0 aliphatic heterocycles. The van der Waals surface area contributed by atoms with Crippen LogP contribution < -0.4 is 5.32 Å². The number of amides is 1. The molecule has 1 heterocycles. The molecule has 0 spiro atoms. The van der Waals surface area contributed by atoms with Gasteiger partial charge >= 0.3 is 11.9 Å². The largest absolute Gasteiger partial charge is 0.462 e. The van der Waals surface area contributed by atoms with Crippen LogP contribution >= 0.6 is 22.9 Å². The van der Waals surface area contributed by atoms with Gasteiger partial charge in [-0.15, -0.1) is 11.3 Å². The van der Waals surface area contributed by atoms with Crippen LogP contribution in [-0.4, -0.2) is 35.0 Å². The van der Waals surface area contributed by atoms with Crippen molar-refractivity contribution in [3.63, 3.8) is 0 Å². The molecule has 2 rings (SSSR count). The molecular weight excluding hydrogens is 448 g/mol. The molecule has 1 N–H and O–H groups in total. The van der Waals surface area contributed by atoms with Gasteiger partial charge in [-0.3, -0.25) is 14.9 Å². The number of ether oxygens (including phenoxy) is 2. The molecule has 0 radical (unpaired) electrons. The zero-order valence-corrected chi connectivity index (χ0v) is 19.1. The Morgan fingerprint density at radius 2 is 1.87 bits per heavy atom. The van der Waals surface area contributed by atoms with Crippen LogP contribution in [0.4, 0.5) is 10.7 Å². The lowest BCUT2D eigenvalue weighted by Crippen LogP contribution is -2.23. The van der Waals surface area contributed by atoms with Crippen LogP contribution in [0.3, 0.4) is 0 Å². The number of halogens is 1. The topological polar surface area (TPSA) is 125 Å². The number of hydrogen-bond donors (Lipinski definition) is 1. The molecule has 0 aliphatic rings. The number of nitrogens with one attached hydrogen (secondary N) is 1. The molecule has 0 bridgehead atoms. The highest BCUT2D eigenvalue weighted by Crippen LogP contribution is 2.36. The standard InChI is InChI=1S/C20H21ClN2O7S/c1-6-29-18(25)14-10(2)15(19(26)30-20(3,4)5)31-17(14)22-16(24)12-8-7-11(23(27)28)9-13(12)21/h7-9H,6H2,1-5H3,(H,22,24). The fourth-order valence-electron chi connectivity index (χ4n) is 2.54. The number of esters is 2. The van der Waals surface area contributed by atoms with Crippen LogP contribution in [0, 0.1) is 17.0 Å². The van der Waals surface area contributed by atoms with Gasteiger partial charge in [0, 0.05) is 12.1 Å². The monoisotopic (exact) mass is 468 g/mol. The van der Waals surface area contributed by atoms with Gasteiger partial charge in [0.2, 0.25) is 0 Å². The van der Waals surface area contributed by atoms with E-state index >= 15 is 0 Å². The van der Waals surface area contributed by atoms with Crippen molar-refractivity contribution in [3.05, 3.63) is 54.9 Å². The third kappa shape index (κ3) is 5.80. The molecule has 166 valence electrons. The summed E-state index contributed by atoms with van der Waals surface area (Å²) in [6.45, 7) is 8.40. The molecule has 1 aromatic carbocycles. The first-order valence-electron chi connectivity index (χ1n) is 9.14. The van der Waals surface area contributed by atoms with Crippen LogP contribution in [0.15, 0.2) is 18.2 Å². The van der Waals surface area contributed by atoms with Crippen LogP contribution in [0.5, 0.6) is 0 Å². The molecule has 0 atom stereocenters. The minimum atomic E-state index is -0.757. The Morgan fingerprint density at radius 3 is 2.39 bits per heavy atom. The Bertz CT molecular complexity index is 1060. The van der Waals surface area contributed by atoms with Crippen LogP contribution in [0.2, 0.25) is 5.02 Å². The summed E-state index contributed by atoms with van der Waals surface area (Å²) in [5.74, 6) is -2.06. The number of benzene rings is 1. The van der Waals surface area contributed by atoms with Crippen molar-refractivity contribution in [1.29, 1.82) is 0 Å². The lowest BCUT2D eigenvalue weighted by Gasteiger charge is -2.19. The molecule has 0 fully saturated rings. The van der Waals surface area contributed by atoms with Crippen molar-refractivity contribution in [3.8, 4) is 0 Å². The maximum atomic E-state index is 12.7. The number of rotatable bonds is 6. The van der Waals surface area contributed by atoms with E-state index in [9.17, 15) is 24.5 Å². The van der Waals surface area contributed by atoms with E-state index in [0.29, 0.717) is 5.56 Å². The Kier molecular flexibility index (Phi) is 7.40. The Hall–Kier alpha value is -2.98. The molecule has 9 nitrogen and oxygen atoms in total. The highest BCUT2D eigenvalue weighted by molar-refractivity contribution is 7.18. The Labute approximate surface area is 187 Å². The van der Waals surface area contributed by atoms with Crippen molar-refractivity contribution >= 4 is 51.5 Å². The third-order valence-corrected chi connectivity index (χ3v) is 5.35. The van der Waals surface area contributed by atoms with Gasteiger partial charge in [0.25, 0.3) is 11.6 Å². The molecular formula is C20H21ClN2O7S.